The highest BCUT2D eigenvalue weighted by Gasteiger charge is 2.19. The molecular weight excluding hydrogens is 282 g/mol. The predicted octanol–water partition coefficient (Wildman–Crippen LogP) is 3.85. The number of nitrogens with zero attached hydrogens (tertiary/aromatic N) is 3. The van der Waals surface area contributed by atoms with Crippen LogP contribution in [0.25, 0.3) is 10.9 Å². The van der Waals surface area contributed by atoms with Crippen LogP contribution in [0, 0.1) is 0 Å². The molecule has 104 valence electrons. The number of halogens is 1. The van der Waals surface area contributed by atoms with E-state index in [4.69, 9.17) is 11.6 Å². The molecule has 2 heterocycles. The maximum atomic E-state index is 6.09. The second-order valence-corrected chi connectivity index (χ2v) is 5.61. The Morgan fingerprint density at radius 2 is 1.67 bits per heavy atom. The van der Waals surface area contributed by atoms with E-state index in [-0.39, 0.29) is 0 Å². The molecule has 4 heteroatoms. The largest absolute Gasteiger partial charge is 0.351 e. The van der Waals surface area contributed by atoms with Gasteiger partial charge in [-0.3, -0.25) is 0 Å². The molecule has 4 rings (SSSR count). The molecule has 0 amide bonds. The summed E-state index contributed by atoms with van der Waals surface area (Å²) < 4.78 is 0. The molecule has 3 nitrogen and oxygen atoms in total. The van der Waals surface area contributed by atoms with E-state index in [9.17, 15) is 0 Å². The zero-order valence-corrected chi connectivity index (χ0v) is 12.2. The van der Waals surface area contributed by atoms with Crippen molar-refractivity contribution in [2.24, 2.45) is 0 Å². The molecule has 0 bridgehead atoms. The van der Waals surface area contributed by atoms with Crippen molar-refractivity contribution in [1.29, 1.82) is 0 Å². The maximum absolute atomic E-state index is 6.09. The predicted molar refractivity (Wildman–Crippen MR) is 85.7 cm³/mol. The van der Waals surface area contributed by atoms with Crippen molar-refractivity contribution in [3.05, 3.63) is 64.9 Å². The smallest absolute Gasteiger partial charge is 0.224 e. The molecule has 0 aliphatic carbocycles. The van der Waals surface area contributed by atoms with Gasteiger partial charge in [0.2, 0.25) is 5.28 Å². The first-order valence-electron chi connectivity index (χ1n) is 7.05. The fraction of sp³-hybridized carbons (Fsp3) is 0.176. The third kappa shape index (κ3) is 2.24. The van der Waals surface area contributed by atoms with Gasteiger partial charge in [-0.25, -0.2) is 4.98 Å². The average Bonchev–Trinajstić information content (AvgIpc) is 2.53. The lowest BCUT2D eigenvalue weighted by Crippen LogP contribution is -2.31. The Morgan fingerprint density at radius 3 is 2.57 bits per heavy atom. The first-order chi connectivity index (χ1) is 10.3. The zero-order chi connectivity index (χ0) is 14.2. The molecule has 0 spiro atoms. The van der Waals surface area contributed by atoms with Crippen LogP contribution in [0.5, 0.6) is 0 Å². The Hall–Kier alpha value is -2.13. The molecule has 2 aromatic carbocycles. The summed E-state index contributed by atoms with van der Waals surface area (Å²) in [5.74, 6) is 0.931. The van der Waals surface area contributed by atoms with Gasteiger partial charge in [0, 0.05) is 18.5 Å². The zero-order valence-electron chi connectivity index (χ0n) is 11.5. The number of anilines is 1. The summed E-state index contributed by atoms with van der Waals surface area (Å²) in [6, 6.07) is 16.6. The van der Waals surface area contributed by atoms with Crippen LogP contribution in [0.1, 0.15) is 11.1 Å². The van der Waals surface area contributed by atoms with E-state index in [1.807, 2.05) is 18.2 Å². The Labute approximate surface area is 128 Å². The van der Waals surface area contributed by atoms with Gasteiger partial charge in [0.1, 0.15) is 5.82 Å². The minimum absolute atomic E-state index is 0.308. The molecule has 1 aromatic heterocycles. The molecular formula is C17H14ClN3. The second kappa shape index (κ2) is 5.01. The molecule has 21 heavy (non-hydrogen) atoms. The van der Waals surface area contributed by atoms with Gasteiger partial charge < -0.3 is 4.90 Å². The van der Waals surface area contributed by atoms with Crippen molar-refractivity contribution in [1.82, 2.24) is 9.97 Å². The first-order valence-corrected chi connectivity index (χ1v) is 7.43. The number of aromatic nitrogens is 2. The van der Waals surface area contributed by atoms with Crippen LogP contribution in [0.15, 0.2) is 48.5 Å². The lowest BCUT2D eigenvalue weighted by atomic mass is 10.00. The third-order valence-corrected chi connectivity index (χ3v) is 4.16. The van der Waals surface area contributed by atoms with Gasteiger partial charge in [-0.2, -0.15) is 4.98 Å². The molecule has 1 aliphatic rings. The summed E-state index contributed by atoms with van der Waals surface area (Å²) in [5.41, 5.74) is 3.69. The molecule has 0 unspecified atom stereocenters. The highest BCUT2D eigenvalue weighted by atomic mass is 35.5. The monoisotopic (exact) mass is 295 g/mol. The third-order valence-electron chi connectivity index (χ3n) is 3.99. The van der Waals surface area contributed by atoms with Crippen molar-refractivity contribution in [3.8, 4) is 0 Å². The second-order valence-electron chi connectivity index (χ2n) is 5.27. The minimum Gasteiger partial charge on any atom is -0.351 e. The van der Waals surface area contributed by atoms with E-state index < -0.39 is 0 Å². The van der Waals surface area contributed by atoms with Crippen molar-refractivity contribution >= 4 is 28.3 Å². The van der Waals surface area contributed by atoms with Crippen LogP contribution >= 0.6 is 11.6 Å². The highest BCUT2D eigenvalue weighted by molar-refractivity contribution is 6.28. The van der Waals surface area contributed by atoms with Gasteiger partial charge in [0.05, 0.1) is 5.52 Å². The van der Waals surface area contributed by atoms with Crippen LogP contribution < -0.4 is 4.90 Å². The van der Waals surface area contributed by atoms with Crippen LogP contribution in [-0.2, 0) is 13.0 Å². The minimum atomic E-state index is 0.308. The molecule has 0 radical (unpaired) electrons. The molecule has 0 saturated carbocycles. The summed E-state index contributed by atoms with van der Waals surface area (Å²) in [4.78, 5) is 11.1. The maximum Gasteiger partial charge on any atom is 0.224 e. The summed E-state index contributed by atoms with van der Waals surface area (Å²) in [7, 11) is 0. The molecule has 0 fully saturated rings. The number of fused-ring (bicyclic) bond motifs is 2. The van der Waals surface area contributed by atoms with Gasteiger partial charge in [-0.15, -0.1) is 0 Å². The average molecular weight is 296 g/mol. The van der Waals surface area contributed by atoms with Crippen LogP contribution in [-0.4, -0.2) is 16.5 Å². The summed E-state index contributed by atoms with van der Waals surface area (Å²) in [6.45, 7) is 1.82. The number of para-hydroxylation sites is 1. The van der Waals surface area contributed by atoms with Crippen molar-refractivity contribution < 1.29 is 0 Å². The van der Waals surface area contributed by atoms with E-state index in [1.165, 1.54) is 11.1 Å². The van der Waals surface area contributed by atoms with Gasteiger partial charge >= 0.3 is 0 Å². The Balaban J connectivity index is 1.81. The van der Waals surface area contributed by atoms with Gasteiger partial charge in [0.15, 0.2) is 0 Å². The topological polar surface area (TPSA) is 29.0 Å². The molecule has 0 N–H and O–H groups in total. The number of hydrogen-bond acceptors (Lipinski definition) is 3. The Bertz CT molecular complexity index is 816. The van der Waals surface area contributed by atoms with Crippen molar-refractivity contribution in [2.75, 3.05) is 11.4 Å². The van der Waals surface area contributed by atoms with Crippen LogP contribution in [0.4, 0.5) is 5.82 Å². The summed E-state index contributed by atoms with van der Waals surface area (Å²) in [6.07, 6.45) is 1.03. The fourth-order valence-electron chi connectivity index (χ4n) is 2.95. The fourth-order valence-corrected chi connectivity index (χ4v) is 3.12. The quantitative estimate of drug-likeness (QED) is 0.639. The van der Waals surface area contributed by atoms with E-state index in [1.54, 1.807) is 0 Å². The van der Waals surface area contributed by atoms with Crippen molar-refractivity contribution in [2.45, 2.75) is 13.0 Å². The van der Waals surface area contributed by atoms with Gasteiger partial charge in [-0.05, 0) is 41.3 Å². The van der Waals surface area contributed by atoms with E-state index in [0.717, 1.165) is 36.2 Å². The first kappa shape index (κ1) is 12.6. The lowest BCUT2D eigenvalue weighted by molar-refractivity contribution is 0.723. The van der Waals surface area contributed by atoms with Crippen LogP contribution in [0.2, 0.25) is 5.28 Å². The molecule has 1 aliphatic heterocycles. The van der Waals surface area contributed by atoms with Crippen molar-refractivity contribution in [3.63, 3.8) is 0 Å². The standard InChI is InChI=1S/C17H14ClN3/c18-17-19-15-8-4-3-7-14(15)16(20-17)21-10-9-12-5-1-2-6-13(12)11-21/h1-8H,9-11H2. The Kier molecular flexibility index (Phi) is 3.00. The van der Waals surface area contributed by atoms with Gasteiger partial charge in [0.25, 0.3) is 0 Å². The van der Waals surface area contributed by atoms with E-state index in [2.05, 4.69) is 45.2 Å². The molecule has 0 atom stereocenters. The number of benzene rings is 2. The highest BCUT2D eigenvalue weighted by Crippen LogP contribution is 2.29. The van der Waals surface area contributed by atoms with Gasteiger partial charge in [-0.1, -0.05) is 36.4 Å². The lowest BCUT2D eigenvalue weighted by Gasteiger charge is -2.30. The molecule has 3 aromatic rings. The SMILES string of the molecule is Clc1nc(N2CCc3ccccc3C2)c2ccccc2n1. The van der Waals surface area contributed by atoms with E-state index in [0.29, 0.717) is 5.28 Å². The molecule has 0 saturated heterocycles. The van der Waals surface area contributed by atoms with E-state index >= 15 is 0 Å². The van der Waals surface area contributed by atoms with Crippen LogP contribution in [0.3, 0.4) is 0 Å². The summed E-state index contributed by atoms with van der Waals surface area (Å²) in [5, 5.41) is 1.36. The normalized spacial score (nSPS) is 14.2. The number of hydrogen-bond donors (Lipinski definition) is 0. The number of rotatable bonds is 1. The Morgan fingerprint density at radius 1 is 0.905 bits per heavy atom. The summed E-state index contributed by atoms with van der Waals surface area (Å²) >= 11 is 6.09.